The fourth-order valence-corrected chi connectivity index (χ4v) is 1.57. The fraction of sp³-hybridized carbons (Fsp3) is 0.286. The molecule has 20 heavy (non-hydrogen) atoms. The van der Waals surface area contributed by atoms with Gasteiger partial charge in [-0.05, 0) is 31.2 Å². The van der Waals surface area contributed by atoms with Crippen molar-refractivity contribution in [2.24, 2.45) is 0 Å². The topological polar surface area (TPSA) is 90.4 Å². The lowest BCUT2D eigenvalue weighted by molar-refractivity contribution is -0.121. The second-order valence-corrected chi connectivity index (χ2v) is 4.31. The highest BCUT2D eigenvalue weighted by Gasteiger charge is 2.05. The Hall–Kier alpha value is -2.50. The molecule has 0 unspecified atom stereocenters. The molecule has 1 aromatic carbocycles. The molecule has 0 aliphatic heterocycles. The maximum Gasteiger partial charge on any atom is 0.223 e. The molecule has 0 fully saturated rings. The summed E-state index contributed by atoms with van der Waals surface area (Å²) in [7, 11) is 0. The van der Waals surface area contributed by atoms with Crippen LogP contribution >= 0.6 is 0 Å². The van der Waals surface area contributed by atoms with Crippen LogP contribution in [0, 0.1) is 6.92 Å². The van der Waals surface area contributed by atoms with Crippen molar-refractivity contribution in [3.05, 3.63) is 42.1 Å². The van der Waals surface area contributed by atoms with Gasteiger partial charge in [0.2, 0.25) is 11.8 Å². The van der Waals surface area contributed by atoms with Gasteiger partial charge in [0.1, 0.15) is 11.5 Å². The molecule has 0 spiro atoms. The van der Waals surface area contributed by atoms with E-state index in [1.165, 1.54) is 0 Å². The molecule has 1 heterocycles. The number of hydrogen-bond acceptors (Lipinski definition) is 5. The van der Waals surface area contributed by atoms with Crippen LogP contribution in [-0.4, -0.2) is 17.5 Å². The van der Waals surface area contributed by atoms with Crippen molar-refractivity contribution in [1.29, 1.82) is 0 Å². The van der Waals surface area contributed by atoms with Gasteiger partial charge in [0.15, 0.2) is 0 Å². The number of aryl methyl sites for hydroxylation is 1. The number of anilines is 1. The van der Waals surface area contributed by atoms with Gasteiger partial charge >= 0.3 is 0 Å². The molecule has 6 nitrogen and oxygen atoms in total. The zero-order valence-electron chi connectivity index (χ0n) is 11.3. The van der Waals surface area contributed by atoms with E-state index >= 15 is 0 Å². The quantitative estimate of drug-likeness (QED) is 0.782. The van der Waals surface area contributed by atoms with Crippen molar-refractivity contribution in [2.75, 3.05) is 12.3 Å². The van der Waals surface area contributed by atoms with Crippen LogP contribution in [0.15, 0.2) is 34.9 Å². The Labute approximate surface area is 116 Å². The van der Waals surface area contributed by atoms with E-state index in [1.54, 1.807) is 37.4 Å². The van der Waals surface area contributed by atoms with Crippen LogP contribution in [0.1, 0.15) is 18.1 Å². The van der Waals surface area contributed by atoms with E-state index in [0.717, 1.165) is 5.76 Å². The molecule has 2 rings (SSSR count). The third kappa shape index (κ3) is 4.31. The number of nitrogens with one attached hydrogen (secondary N) is 1. The van der Waals surface area contributed by atoms with Crippen LogP contribution in [0.25, 0.3) is 0 Å². The number of amides is 1. The van der Waals surface area contributed by atoms with Gasteiger partial charge in [0, 0.05) is 5.69 Å². The number of nitrogens with zero attached hydrogens (tertiary/aromatic N) is 1. The van der Waals surface area contributed by atoms with Crippen molar-refractivity contribution in [2.45, 2.75) is 19.9 Å². The molecule has 0 saturated carbocycles. The van der Waals surface area contributed by atoms with Gasteiger partial charge < -0.3 is 20.2 Å². The van der Waals surface area contributed by atoms with Crippen LogP contribution in [0.2, 0.25) is 0 Å². The summed E-state index contributed by atoms with van der Waals surface area (Å²) in [5.74, 6) is 1.79. The lowest BCUT2D eigenvalue weighted by Crippen LogP contribution is -2.24. The predicted molar refractivity (Wildman–Crippen MR) is 74.1 cm³/mol. The van der Waals surface area contributed by atoms with Gasteiger partial charge in [-0.25, -0.2) is 4.98 Å². The predicted octanol–water partition coefficient (Wildman–Crippen LogP) is 1.65. The molecule has 1 amide bonds. The normalized spacial score (nSPS) is 10.2. The van der Waals surface area contributed by atoms with Gasteiger partial charge in [0.25, 0.3) is 0 Å². The highest BCUT2D eigenvalue weighted by Crippen LogP contribution is 2.13. The van der Waals surface area contributed by atoms with Crippen molar-refractivity contribution in [1.82, 2.24) is 10.3 Å². The van der Waals surface area contributed by atoms with E-state index in [1.807, 2.05) is 0 Å². The number of carbonyl (C=O) groups excluding carboxylic acids is 1. The van der Waals surface area contributed by atoms with Gasteiger partial charge in [-0.1, -0.05) is 0 Å². The minimum Gasteiger partial charge on any atom is -0.493 e. The summed E-state index contributed by atoms with van der Waals surface area (Å²) in [5.41, 5.74) is 6.24. The highest BCUT2D eigenvalue weighted by atomic mass is 16.5. The molecule has 0 aliphatic rings. The average molecular weight is 275 g/mol. The minimum absolute atomic E-state index is 0.115. The smallest absolute Gasteiger partial charge is 0.223 e. The Morgan fingerprint density at radius 1 is 1.40 bits per heavy atom. The van der Waals surface area contributed by atoms with Crippen molar-refractivity contribution < 1.29 is 13.9 Å². The van der Waals surface area contributed by atoms with E-state index in [4.69, 9.17) is 14.9 Å². The van der Waals surface area contributed by atoms with E-state index in [0.29, 0.717) is 23.9 Å². The number of aromatic nitrogens is 1. The summed E-state index contributed by atoms with van der Waals surface area (Å²) in [6, 6.07) is 7.03. The number of nitrogens with two attached hydrogens (primary N) is 1. The third-order valence-corrected chi connectivity index (χ3v) is 2.58. The average Bonchev–Trinajstić information content (AvgIpc) is 2.85. The Balaban J connectivity index is 1.66. The Kier molecular flexibility index (Phi) is 4.60. The molecule has 0 atom stereocenters. The first-order chi connectivity index (χ1) is 9.63. The zero-order valence-corrected chi connectivity index (χ0v) is 11.3. The summed E-state index contributed by atoms with van der Waals surface area (Å²) in [6.07, 6.45) is 1.88. The number of carbonyl (C=O) groups is 1. The highest BCUT2D eigenvalue weighted by molar-refractivity contribution is 5.75. The van der Waals surface area contributed by atoms with E-state index in [9.17, 15) is 4.79 Å². The first-order valence-corrected chi connectivity index (χ1v) is 6.30. The summed E-state index contributed by atoms with van der Waals surface area (Å²) in [6.45, 7) is 2.40. The van der Waals surface area contributed by atoms with Crippen molar-refractivity contribution in [3.8, 4) is 5.75 Å². The molecule has 0 saturated heterocycles. The van der Waals surface area contributed by atoms with E-state index < -0.39 is 0 Å². The summed E-state index contributed by atoms with van der Waals surface area (Å²) < 4.78 is 10.7. The molecule has 0 bridgehead atoms. The number of benzene rings is 1. The summed E-state index contributed by atoms with van der Waals surface area (Å²) >= 11 is 0. The Bertz CT molecular complexity index is 563. The SMILES string of the molecule is Cc1cnc(CNC(=O)CCOc2ccc(N)cc2)o1. The molecule has 0 radical (unpaired) electrons. The number of ether oxygens (including phenoxy) is 1. The number of hydrogen-bond donors (Lipinski definition) is 2. The van der Waals surface area contributed by atoms with Crippen molar-refractivity contribution in [3.63, 3.8) is 0 Å². The zero-order chi connectivity index (χ0) is 14.4. The Morgan fingerprint density at radius 2 is 2.15 bits per heavy atom. The first kappa shape index (κ1) is 13.9. The van der Waals surface area contributed by atoms with Crippen molar-refractivity contribution >= 4 is 11.6 Å². The molecule has 2 aromatic rings. The summed E-state index contributed by atoms with van der Waals surface area (Å²) in [4.78, 5) is 15.6. The largest absolute Gasteiger partial charge is 0.493 e. The molecule has 106 valence electrons. The van der Waals surface area contributed by atoms with Crippen LogP contribution in [-0.2, 0) is 11.3 Å². The minimum atomic E-state index is -0.115. The third-order valence-electron chi connectivity index (χ3n) is 2.58. The molecular weight excluding hydrogens is 258 g/mol. The van der Waals surface area contributed by atoms with Crippen LogP contribution in [0.4, 0.5) is 5.69 Å². The number of oxazole rings is 1. The maximum atomic E-state index is 11.6. The van der Waals surface area contributed by atoms with Gasteiger partial charge in [-0.15, -0.1) is 0 Å². The Morgan fingerprint density at radius 3 is 2.80 bits per heavy atom. The summed E-state index contributed by atoms with van der Waals surface area (Å²) in [5, 5.41) is 2.71. The van der Waals surface area contributed by atoms with E-state index in [-0.39, 0.29) is 18.9 Å². The molecular formula is C14H17N3O3. The van der Waals surface area contributed by atoms with Gasteiger partial charge in [-0.2, -0.15) is 0 Å². The lowest BCUT2D eigenvalue weighted by Gasteiger charge is -2.06. The molecule has 3 N–H and O–H groups in total. The van der Waals surface area contributed by atoms with Crippen LogP contribution in [0.5, 0.6) is 5.75 Å². The standard InChI is InChI=1S/C14H17N3O3/c1-10-8-17-14(20-10)9-16-13(18)6-7-19-12-4-2-11(15)3-5-12/h2-5,8H,6-7,9,15H2,1H3,(H,16,18). The maximum absolute atomic E-state index is 11.6. The van der Waals surface area contributed by atoms with Gasteiger partial charge in [0.05, 0.1) is 25.8 Å². The number of nitrogen functional groups attached to an aromatic ring is 1. The molecule has 0 aliphatic carbocycles. The number of rotatable bonds is 6. The second-order valence-electron chi connectivity index (χ2n) is 4.31. The molecule has 1 aromatic heterocycles. The second kappa shape index (κ2) is 6.60. The molecule has 6 heteroatoms. The van der Waals surface area contributed by atoms with Gasteiger partial charge in [-0.3, -0.25) is 4.79 Å². The van der Waals surface area contributed by atoms with Crippen LogP contribution < -0.4 is 15.8 Å². The monoisotopic (exact) mass is 275 g/mol. The lowest BCUT2D eigenvalue weighted by atomic mass is 10.3. The fourth-order valence-electron chi connectivity index (χ4n) is 1.57. The van der Waals surface area contributed by atoms with E-state index in [2.05, 4.69) is 10.3 Å². The first-order valence-electron chi connectivity index (χ1n) is 6.30. The van der Waals surface area contributed by atoms with Crippen LogP contribution in [0.3, 0.4) is 0 Å².